The van der Waals surface area contributed by atoms with E-state index < -0.39 is 5.82 Å². The molecule has 0 aliphatic carbocycles. The van der Waals surface area contributed by atoms with Gasteiger partial charge < -0.3 is 20.1 Å². The summed E-state index contributed by atoms with van der Waals surface area (Å²) in [6.45, 7) is 4.18. The molecule has 0 saturated carbocycles. The maximum atomic E-state index is 14.4. The molecule has 0 spiro atoms. The summed E-state index contributed by atoms with van der Waals surface area (Å²) in [4.78, 5) is 16.3. The fourth-order valence-corrected chi connectivity index (χ4v) is 2.61. The summed E-state index contributed by atoms with van der Waals surface area (Å²) in [7, 11) is 0. The summed E-state index contributed by atoms with van der Waals surface area (Å²) in [5.74, 6) is -0.388. The highest BCUT2D eigenvalue weighted by Gasteiger charge is 2.19. The molecule has 1 fully saturated rings. The van der Waals surface area contributed by atoms with Crippen molar-refractivity contribution in [1.29, 1.82) is 0 Å². The molecule has 0 bridgehead atoms. The maximum Gasteiger partial charge on any atom is 0.255 e. The van der Waals surface area contributed by atoms with Crippen LogP contribution in [-0.4, -0.2) is 37.2 Å². The van der Waals surface area contributed by atoms with Crippen LogP contribution in [0.3, 0.4) is 0 Å². The smallest absolute Gasteiger partial charge is 0.255 e. The average Bonchev–Trinajstić information content (AvgIpc) is 2.63. The van der Waals surface area contributed by atoms with E-state index in [0.717, 1.165) is 6.54 Å². The number of amides is 1. The second-order valence-corrected chi connectivity index (χ2v) is 5.57. The Labute approximate surface area is 145 Å². The molecule has 3 rings (SSSR count). The topological polar surface area (TPSA) is 72.5 Å². The Kier molecular flexibility index (Phi) is 5.57. The van der Waals surface area contributed by atoms with Crippen molar-refractivity contribution in [2.24, 2.45) is 0 Å². The van der Waals surface area contributed by atoms with Crippen molar-refractivity contribution in [2.45, 2.75) is 13.0 Å². The number of hydrogen-bond acceptors (Lipinski definition) is 5. The first-order valence-electron chi connectivity index (χ1n) is 8.19. The van der Waals surface area contributed by atoms with E-state index in [0.29, 0.717) is 42.5 Å². The number of carbonyl (C=O) groups is 1. The first kappa shape index (κ1) is 17.3. The number of hydrogen-bond donors (Lipinski definition) is 2. The SMILES string of the molecule is CCOc1cc(C(=O)Nc2ccc([C@@H]3CNCCO3)c(F)c2)ccn1. The highest BCUT2D eigenvalue weighted by molar-refractivity contribution is 6.04. The summed E-state index contributed by atoms with van der Waals surface area (Å²) in [6, 6.07) is 7.73. The lowest BCUT2D eigenvalue weighted by Gasteiger charge is -2.24. The van der Waals surface area contributed by atoms with Gasteiger partial charge in [-0.05, 0) is 25.1 Å². The lowest BCUT2D eigenvalue weighted by atomic mass is 10.1. The lowest BCUT2D eigenvalue weighted by Crippen LogP contribution is -2.33. The van der Waals surface area contributed by atoms with Crippen LogP contribution in [0.1, 0.15) is 28.9 Å². The molecule has 25 heavy (non-hydrogen) atoms. The Balaban J connectivity index is 1.71. The van der Waals surface area contributed by atoms with Crippen LogP contribution < -0.4 is 15.4 Å². The third-order valence-corrected chi connectivity index (χ3v) is 3.82. The van der Waals surface area contributed by atoms with Gasteiger partial charge in [-0.3, -0.25) is 4.79 Å². The quantitative estimate of drug-likeness (QED) is 0.871. The van der Waals surface area contributed by atoms with Gasteiger partial charge in [0.1, 0.15) is 5.82 Å². The van der Waals surface area contributed by atoms with Crippen LogP contribution in [0.5, 0.6) is 5.88 Å². The molecule has 1 aromatic carbocycles. The van der Waals surface area contributed by atoms with Gasteiger partial charge in [-0.25, -0.2) is 9.37 Å². The van der Waals surface area contributed by atoms with Gasteiger partial charge in [0.25, 0.3) is 5.91 Å². The van der Waals surface area contributed by atoms with Gasteiger partial charge >= 0.3 is 0 Å². The number of morpholine rings is 1. The van der Waals surface area contributed by atoms with Crippen LogP contribution in [-0.2, 0) is 4.74 Å². The van der Waals surface area contributed by atoms with Gasteiger partial charge in [-0.2, -0.15) is 0 Å². The van der Waals surface area contributed by atoms with Crippen LogP contribution in [0.15, 0.2) is 36.5 Å². The summed E-state index contributed by atoms with van der Waals surface area (Å²) < 4.78 is 25.2. The molecule has 0 radical (unpaired) electrons. The predicted octanol–water partition coefficient (Wildman–Crippen LogP) is 2.53. The lowest BCUT2D eigenvalue weighted by molar-refractivity contribution is 0.0255. The average molecular weight is 345 g/mol. The Morgan fingerprint density at radius 1 is 1.44 bits per heavy atom. The molecule has 0 unspecified atom stereocenters. The molecule has 1 amide bonds. The van der Waals surface area contributed by atoms with Gasteiger partial charge in [0.15, 0.2) is 0 Å². The van der Waals surface area contributed by atoms with E-state index in [1.54, 1.807) is 24.3 Å². The van der Waals surface area contributed by atoms with Crippen molar-refractivity contribution in [3.05, 3.63) is 53.5 Å². The second kappa shape index (κ2) is 8.04. The maximum absolute atomic E-state index is 14.4. The second-order valence-electron chi connectivity index (χ2n) is 5.57. The molecular weight excluding hydrogens is 325 g/mol. The monoisotopic (exact) mass is 345 g/mol. The van der Waals surface area contributed by atoms with Gasteiger partial charge in [-0.1, -0.05) is 6.07 Å². The molecule has 6 nitrogen and oxygen atoms in total. The first-order valence-corrected chi connectivity index (χ1v) is 8.19. The number of anilines is 1. The van der Waals surface area contributed by atoms with E-state index in [1.807, 2.05) is 6.92 Å². The Bertz CT molecular complexity index is 748. The fourth-order valence-electron chi connectivity index (χ4n) is 2.61. The number of nitrogens with one attached hydrogen (secondary N) is 2. The third kappa shape index (κ3) is 4.32. The van der Waals surface area contributed by atoms with Gasteiger partial charge in [0, 0.05) is 42.2 Å². The summed E-state index contributed by atoms with van der Waals surface area (Å²) >= 11 is 0. The standard InChI is InChI=1S/C18H20FN3O3/c1-2-24-17-9-12(5-6-21-17)18(23)22-13-3-4-14(15(19)10-13)16-11-20-7-8-25-16/h3-6,9-10,16,20H,2,7-8,11H2,1H3,(H,22,23)/t16-/m0/s1. The molecule has 2 N–H and O–H groups in total. The zero-order chi connectivity index (χ0) is 17.6. The van der Waals surface area contributed by atoms with Gasteiger partial charge in [0.2, 0.25) is 5.88 Å². The van der Waals surface area contributed by atoms with Crippen LogP contribution in [0.2, 0.25) is 0 Å². The Hall–Kier alpha value is -2.51. The first-order chi connectivity index (χ1) is 12.2. The molecule has 132 valence electrons. The predicted molar refractivity (Wildman–Crippen MR) is 91.3 cm³/mol. The zero-order valence-electron chi connectivity index (χ0n) is 13.9. The van der Waals surface area contributed by atoms with Crippen molar-refractivity contribution in [2.75, 3.05) is 31.6 Å². The third-order valence-electron chi connectivity index (χ3n) is 3.82. The van der Waals surface area contributed by atoms with Crippen molar-refractivity contribution >= 4 is 11.6 Å². The molecular formula is C18H20FN3O3. The van der Waals surface area contributed by atoms with Gasteiger partial charge in [0.05, 0.1) is 19.3 Å². The van der Waals surface area contributed by atoms with Gasteiger partial charge in [-0.15, -0.1) is 0 Å². The van der Waals surface area contributed by atoms with E-state index in [9.17, 15) is 9.18 Å². The number of carbonyl (C=O) groups excluding carboxylic acids is 1. The Morgan fingerprint density at radius 2 is 2.32 bits per heavy atom. The van der Waals surface area contributed by atoms with Crippen LogP contribution in [0.25, 0.3) is 0 Å². The van der Waals surface area contributed by atoms with E-state index in [4.69, 9.17) is 9.47 Å². The Morgan fingerprint density at radius 3 is 3.04 bits per heavy atom. The van der Waals surface area contributed by atoms with Crippen molar-refractivity contribution in [3.63, 3.8) is 0 Å². The number of aromatic nitrogens is 1. The van der Waals surface area contributed by atoms with Crippen LogP contribution in [0.4, 0.5) is 10.1 Å². The molecule has 1 atom stereocenters. The van der Waals surface area contributed by atoms with E-state index in [-0.39, 0.29) is 12.0 Å². The molecule has 2 heterocycles. The summed E-state index contributed by atoms with van der Waals surface area (Å²) in [5.41, 5.74) is 1.25. The van der Waals surface area contributed by atoms with Crippen LogP contribution in [0, 0.1) is 5.82 Å². The van der Waals surface area contributed by atoms with Crippen molar-refractivity contribution in [1.82, 2.24) is 10.3 Å². The normalized spacial score (nSPS) is 17.1. The van der Waals surface area contributed by atoms with E-state index in [1.165, 1.54) is 12.3 Å². The minimum Gasteiger partial charge on any atom is -0.478 e. The highest BCUT2D eigenvalue weighted by atomic mass is 19.1. The fraction of sp³-hybridized carbons (Fsp3) is 0.333. The molecule has 1 aliphatic heterocycles. The minimum absolute atomic E-state index is 0.313. The summed E-state index contributed by atoms with van der Waals surface area (Å²) in [6.07, 6.45) is 1.18. The number of halogens is 1. The molecule has 1 aromatic heterocycles. The number of nitrogens with zero attached hydrogens (tertiary/aromatic N) is 1. The number of ether oxygens (including phenoxy) is 2. The van der Waals surface area contributed by atoms with E-state index >= 15 is 0 Å². The minimum atomic E-state index is -0.406. The molecule has 7 heteroatoms. The summed E-state index contributed by atoms with van der Waals surface area (Å²) in [5, 5.41) is 5.85. The largest absolute Gasteiger partial charge is 0.478 e. The molecule has 1 saturated heterocycles. The number of benzene rings is 1. The van der Waals surface area contributed by atoms with E-state index in [2.05, 4.69) is 15.6 Å². The number of pyridine rings is 1. The van der Waals surface area contributed by atoms with Crippen LogP contribution >= 0.6 is 0 Å². The zero-order valence-corrected chi connectivity index (χ0v) is 13.9. The van der Waals surface area contributed by atoms with Crippen molar-refractivity contribution in [3.8, 4) is 5.88 Å². The highest BCUT2D eigenvalue weighted by Crippen LogP contribution is 2.24. The van der Waals surface area contributed by atoms with Crippen molar-refractivity contribution < 1.29 is 18.7 Å². The molecule has 1 aliphatic rings. The number of rotatable bonds is 5. The molecule has 2 aromatic rings.